The monoisotopic (exact) mass is 249 g/mol. The molecule has 13 heavy (non-hydrogen) atoms. The van der Waals surface area contributed by atoms with Gasteiger partial charge in [0.1, 0.15) is 0 Å². The van der Waals surface area contributed by atoms with E-state index in [0.717, 1.165) is 11.1 Å². The molecule has 0 spiro atoms. The van der Waals surface area contributed by atoms with E-state index in [1.54, 1.807) is 0 Å². The maximum absolute atomic E-state index is 3.08. The third-order valence-electron chi connectivity index (χ3n) is 3.34. The number of rotatable bonds is 5. The Labute approximate surface area is 92.8 Å². The van der Waals surface area contributed by atoms with E-state index >= 15 is 0 Å². The lowest BCUT2D eigenvalue weighted by molar-refractivity contribution is 0.872. The molecule has 0 saturated carbocycles. The van der Waals surface area contributed by atoms with E-state index in [0.29, 0.717) is 0 Å². The highest BCUT2D eigenvalue weighted by Gasteiger charge is 2.24. The molecule has 0 bridgehead atoms. The first-order valence-corrected chi connectivity index (χ1v) is 16.6. The van der Waals surface area contributed by atoms with E-state index in [2.05, 4.69) is 44.7 Å². The lowest BCUT2D eigenvalue weighted by Gasteiger charge is -2.37. The van der Waals surface area contributed by atoms with Gasteiger partial charge in [-0.25, -0.2) is 0 Å². The average Bonchev–Trinajstić information content (AvgIpc) is 2.04. The van der Waals surface area contributed by atoms with Crippen LogP contribution >= 0.6 is 0 Å². The van der Waals surface area contributed by atoms with Gasteiger partial charge < -0.3 is 3.90 Å². The summed E-state index contributed by atoms with van der Waals surface area (Å²) in [6, 6.07) is 0. The molecule has 0 aliphatic heterocycles. The van der Waals surface area contributed by atoms with Crippen LogP contribution in [0.2, 0.25) is 24.2 Å². The molecule has 0 amide bonds. The molecule has 2 unspecified atom stereocenters. The van der Waals surface area contributed by atoms with Crippen molar-refractivity contribution >= 4 is 36.9 Å². The Morgan fingerprint density at radius 1 is 1.00 bits per heavy atom. The standard InChI is InChI=1S/C8H27NSi4/c1-7(2)12(5)9(11-10)13(6)8(3)4/h7-8,12-13H,11H2,1-6,10H3. The molecule has 0 aromatic heterocycles. The Bertz CT molecular complexity index is 126. The van der Waals surface area contributed by atoms with Crippen LogP contribution in [-0.4, -0.2) is 40.8 Å². The molecule has 2 atom stereocenters. The Balaban J connectivity index is 4.31. The van der Waals surface area contributed by atoms with Gasteiger partial charge in [0.25, 0.3) is 0 Å². The molecule has 0 aliphatic rings. The minimum atomic E-state index is -0.513. The van der Waals surface area contributed by atoms with Crippen LogP contribution in [0.25, 0.3) is 0 Å². The fraction of sp³-hybridized carbons (Fsp3) is 1.00. The number of hydrogen-bond acceptors (Lipinski definition) is 1. The van der Waals surface area contributed by atoms with Crippen LogP contribution in [0, 0.1) is 0 Å². The van der Waals surface area contributed by atoms with E-state index in [-0.39, 0.29) is 9.20 Å². The maximum atomic E-state index is 3.08. The summed E-state index contributed by atoms with van der Waals surface area (Å²) in [5, 5.41) is 0. The largest absolute Gasteiger partial charge is 0.380 e. The predicted molar refractivity (Wildman–Crippen MR) is 76.5 cm³/mol. The van der Waals surface area contributed by atoms with Crippen molar-refractivity contribution in [1.82, 2.24) is 3.90 Å². The molecule has 0 fully saturated rings. The summed E-state index contributed by atoms with van der Waals surface area (Å²) in [7, 11) is 0.711. The molecular formula is C8H27NSi4. The van der Waals surface area contributed by atoms with Crippen LogP contribution in [0.3, 0.4) is 0 Å². The molecule has 0 aromatic rings. The minimum absolute atomic E-state index is 0.243. The molecule has 80 valence electrons. The van der Waals surface area contributed by atoms with Gasteiger partial charge in [0.15, 0.2) is 0 Å². The van der Waals surface area contributed by atoms with Gasteiger partial charge in [-0.2, -0.15) is 0 Å². The summed E-state index contributed by atoms with van der Waals surface area (Å²) < 4.78 is 3.08. The van der Waals surface area contributed by atoms with Gasteiger partial charge >= 0.3 is 0 Å². The first kappa shape index (κ1) is 13.8. The third kappa shape index (κ3) is 4.24. The molecule has 0 aromatic carbocycles. The van der Waals surface area contributed by atoms with Crippen LogP contribution < -0.4 is 0 Å². The van der Waals surface area contributed by atoms with Gasteiger partial charge in [-0.3, -0.25) is 0 Å². The van der Waals surface area contributed by atoms with Crippen molar-refractivity contribution in [3.05, 3.63) is 0 Å². The van der Waals surface area contributed by atoms with Gasteiger partial charge in [0.05, 0.1) is 27.1 Å². The molecule has 0 saturated heterocycles. The minimum Gasteiger partial charge on any atom is -0.380 e. The van der Waals surface area contributed by atoms with Crippen molar-refractivity contribution in [2.45, 2.75) is 51.9 Å². The molecule has 1 nitrogen and oxygen atoms in total. The molecule has 0 aliphatic carbocycles. The van der Waals surface area contributed by atoms with Crippen LogP contribution in [-0.2, 0) is 0 Å². The molecule has 0 N–H and O–H groups in total. The summed E-state index contributed by atoms with van der Waals surface area (Å²) in [5.41, 5.74) is 1.96. The Kier molecular flexibility index (Phi) is 6.74. The van der Waals surface area contributed by atoms with E-state index in [9.17, 15) is 0 Å². The highest BCUT2D eigenvalue weighted by molar-refractivity contribution is 6.99. The molecular weight excluding hydrogens is 222 g/mol. The van der Waals surface area contributed by atoms with Gasteiger partial charge in [-0.05, 0) is 11.1 Å². The van der Waals surface area contributed by atoms with Gasteiger partial charge in [-0.1, -0.05) is 40.8 Å². The second-order valence-electron chi connectivity index (χ2n) is 4.80. The zero-order chi connectivity index (χ0) is 10.6. The summed E-state index contributed by atoms with van der Waals surface area (Å²) in [6.07, 6.45) is 0. The molecule has 0 rings (SSSR count). The summed E-state index contributed by atoms with van der Waals surface area (Å²) in [5.74, 6) is 0. The topological polar surface area (TPSA) is 3.24 Å². The van der Waals surface area contributed by atoms with Crippen molar-refractivity contribution < 1.29 is 0 Å². The highest BCUT2D eigenvalue weighted by atomic mass is 29.1. The first-order chi connectivity index (χ1) is 5.91. The lowest BCUT2D eigenvalue weighted by Crippen LogP contribution is -2.51. The Hall–Kier alpha value is 0.828. The van der Waals surface area contributed by atoms with Gasteiger partial charge in [-0.15, -0.1) is 0 Å². The quantitative estimate of drug-likeness (QED) is 0.629. The average molecular weight is 250 g/mol. The predicted octanol–water partition coefficient (Wildman–Crippen LogP) is 0.180. The van der Waals surface area contributed by atoms with E-state index in [1.807, 2.05) is 0 Å². The summed E-state index contributed by atoms with van der Waals surface area (Å²) in [4.78, 5) is 0. The Morgan fingerprint density at radius 2 is 1.31 bits per heavy atom. The van der Waals surface area contributed by atoms with Gasteiger partial charge in [0.2, 0.25) is 0 Å². The van der Waals surface area contributed by atoms with Crippen molar-refractivity contribution in [3.8, 4) is 0 Å². The molecule has 0 radical (unpaired) electrons. The summed E-state index contributed by atoms with van der Waals surface area (Å²) in [6.45, 7) is 14.9. The zero-order valence-electron chi connectivity index (χ0n) is 10.5. The smallest absolute Gasteiger partial charge is 0.0966 e. The third-order valence-corrected chi connectivity index (χ3v) is 25.1. The Morgan fingerprint density at radius 3 is 1.46 bits per heavy atom. The number of hydrogen-bond donors (Lipinski definition) is 0. The summed E-state index contributed by atoms with van der Waals surface area (Å²) >= 11 is 0. The van der Waals surface area contributed by atoms with Crippen molar-refractivity contribution in [3.63, 3.8) is 0 Å². The fourth-order valence-electron chi connectivity index (χ4n) is 1.71. The van der Waals surface area contributed by atoms with Crippen LogP contribution in [0.4, 0.5) is 0 Å². The second-order valence-corrected chi connectivity index (χ2v) is 17.1. The molecule has 5 heteroatoms. The van der Waals surface area contributed by atoms with E-state index < -0.39 is 17.9 Å². The van der Waals surface area contributed by atoms with Crippen molar-refractivity contribution in [1.29, 1.82) is 0 Å². The first-order valence-electron chi connectivity index (χ1n) is 5.67. The maximum Gasteiger partial charge on any atom is 0.0966 e. The van der Waals surface area contributed by atoms with E-state index in [1.165, 1.54) is 9.76 Å². The lowest BCUT2D eigenvalue weighted by atomic mass is 10.6. The van der Waals surface area contributed by atoms with Crippen LogP contribution in [0.1, 0.15) is 27.7 Å². The fourth-order valence-corrected chi connectivity index (χ4v) is 25.8. The zero-order valence-corrected chi connectivity index (χ0v) is 16.2. The van der Waals surface area contributed by atoms with Crippen LogP contribution in [0.15, 0.2) is 0 Å². The highest BCUT2D eigenvalue weighted by Crippen LogP contribution is 2.17. The normalized spacial score (nSPS) is 18.2. The number of nitrogens with zero attached hydrogens (tertiary/aromatic N) is 1. The van der Waals surface area contributed by atoms with Gasteiger partial charge in [0, 0.05) is 9.76 Å². The van der Waals surface area contributed by atoms with Crippen LogP contribution in [0.5, 0.6) is 0 Å². The van der Waals surface area contributed by atoms with Crippen molar-refractivity contribution in [2.24, 2.45) is 0 Å². The van der Waals surface area contributed by atoms with Crippen molar-refractivity contribution in [2.75, 3.05) is 0 Å². The van der Waals surface area contributed by atoms with E-state index in [4.69, 9.17) is 0 Å². The molecule has 0 heterocycles. The second kappa shape index (κ2) is 6.34. The SMILES string of the molecule is CC(C)[SiH](C)N([SiH2][SiH3])[SiH](C)C(C)C.